The highest BCUT2D eigenvalue weighted by molar-refractivity contribution is 7.08. The van der Waals surface area contributed by atoms with Crippen molar-refractivity contribution < 1.29 is 22.7 Å². The molecule has 7 nitrogen and oxygen atoms in total. The first kappa shape index (κ1) is 21.1. The number of nitrogen functional groups attached to an aromatic ring is 1. The molecule has 1 aliphatic heterocycles. The maximum Gasteiger partial charge on any atom is 0.418 e. The van der Waals surface area contributed by atoms with Crippen molar-refractivity contribution >= 4 is 28.8 Å². The van der Waals surface area contributed by atoms with Crippen LogP contribution in [0.1, 0.15) is 22.5 Å². The second-order valence-electron chi connectivity index (χ2n) is 6.90. The van der Waals surface area contributed by atoms with E-state index < -0.39 is 17.6 Å². The zero-order valence-electron chi connectivity index (χ0n) is 16.1. The fraction of sp³-hybridized carbons (Fsp3) is 0.250. The van der Waals surface area contributed by atoms with Gasteiger partial charge in [-0.2, -0.15) is 17.5 Å². The molecule has 1 amide bonds. The molecule has 0 radical (unpaired) electrons. The Bertz CT molecular complexity index is 1080. The first-order valence-corrected chi connectivity index (χ1v) is 10.2. The number of ether oxygens (including phenoxy) is 1. The van der Waals surface area contributed by atoms with Gasteiger partial charge in [0.05, 0.1) is 23.1 Å². The van der Waals surface area contributed by atoms with Crippen LogP contribution in [0.5, 0.6) is 5.06 Å². The summed E-state index contributed by atoms with van der Waals surface area (Å²) >= 11 is 1.07. The monoisotopic (exact) mass is 449 g/mol. The summed E-state index contributed by atoms with van der Waals surface area (Å²) < 4.78 is 50.6. The van der Waals surface area contributed by atoms with Gasteiger partial charge < -0.3 is 21.1 Å². The number of nitrogens with one attached hydrogen (secondary N) is 2. The number of benzene rings is 1. The summed E-state index contributed by atoms with van der Waals surface area (Å²) in [6.07, 6.45) is -2.50. The average molecular weight is 449 g/mol. The molecule has 0 saturated carbocycles. The molecule has 0 spiro atoms. The van der Waals surface area contributed by atoms with Crippen molar-refractivity contribution in [3.8, 4) is 16.3 Å². The number of hydrogen-bond donors (Lipinski definition) is 3. The maximum atomic E-state index is 13.6. The van der Waals surface area contributed by atoms with E-state index in [0.717, 1.165) is 30.6 Å². The first-order valence-electron chi connectivity index (χ1n) is 9.39. The van der Waals surface area contributed by atoms with Gasteiger partial charge in [0.2, 0.25) is 5.06 Å². The van der Waals surface area contributed by atoms with Crippen LogP contribution in [-0.2, 0) is 6.18 Å². The molecule has 0 aliphatic carbocycles. The number of hydrogen-bond acceptors (Lipinski definition) is 7. The van der Waals surface area contributed by atoms with Crippen LogP contribution in [0, 0.1) is 0 Å². The van der Waals surface area contributed by atoms with Crippen molar-refractivity contribution in [2.45, 2.75) is 18.7 Å². The van der Waals surface area contributed by atoms with Crippen LogP contribution in [0.3, 0.4) is 0 Å². The van der Waals surface area contributed by atoms with Crippen LogP contribution in [0.15, 0.2) is 42.6 Å². The fourth-order valence-corrected chi connectivity index (χ4v) is 3.84. The highest BCUT2D eigenvalue weighted by atomic mass is 32.1. The number of carbonyl (C=O) groups excluding carboxylic acids is 1. The summed E-state index contributed by atoms with van der Waals surface area (Å²) in [4.78, 5) is 16.8. The molecule has 162 valence electrons. The van der Waals surface area contributed by atoms with Gasteiger partial charge in [-0.25, -0.2) is 4.98 Å². The Kier molecular flexibility index (Phi) is 5.79. The van der Waals surface area contributed by atoms with Crippen LogP contribution >= 0.6 is 11.5 Å². The SMILES string of the molecule is Nc1cc(C(F)(F)F)c(-c2ccccc2)nc1C(=O)Nc1cnsc1OC1CCNC1. The lowest BCUT2D eigenvalue weighted by molar-refractivity contribution is -0.137. The number of halogens is 3. The van der Waals surface area contributed by atoms with E-state index in [0.29, 0.717) is 17.3 Å². The molecule has 2 aromatic heterocycles. The molecule has 1 fully saturated rings. The van der Waals surface area contributed by atoms with Crippen molar-refractivity contribution in [2.24, 2.45) is 0 Å². The molecule has 1 saturated heterocycles. The third-order valence-corrected chi connectivity index (χ3v) is 5.39. The fourth-order valence-electron chi connectivity index (χ4n) is 3.20. The number of carbonyl (C=O) groups is 1. The van der Waals surface area contributed by atoms with Gasteiger partial charge in [0.25, 0.3) is 5.91 Å². The molecule has 1 atom stereocenters. The van der Waals surface area contributed by atoms with Crippen LogP contribution in [0.2, 0.25) is 0 Å². The molecule has 11 heteroatoms. The molecule has 3 aromatic rings. The molecule has 4 N–H and O–H groups in total. The quantitative estimate of drug-likeness (QED) is 0.548. The number of amides is 1. The number of rotatable bonds is 5. The zero-order valence-corrected chi connectivity index (χ0v) is 16.9. The largest absolute Gasteiger partial charge is 0.477 e. The van der Waals surface area contributed by atoms with Crippen molar-refractivity contribution in [3.63, 3.8) is 0 Å². The molecule has 31 heavy (non-hydrogen) atoms. The number of anilines is 2. The number of nitrogens with two attached hydrogens (primary N) is 1. The van der Waals surface area contributed by atoms with Crippen LogP contribution < -0.4 is 21.1 Å². The Morgan fingerprint density at radius 3 is 2.74 bits per heavy atom. The van der Waals surface area contributed by atoms with Crippen LogP contribution in [0.4, 0.5) is 24.5 Å². The van der Waals surface area contributed by atoms with E-state index in [9.17, 15) is 18.0 Å². The highest BCUT2D eigenvalue weighted by Crippen LogP contribution is 2.38. The minimum absolute atomic E-state index is 0.0463. The number of aromatic nitrogens is 2. The molecule has 1 unspecified atom stereocenters. The molecule has 3 heterocycles. The lowest BCUT2D eigenvalue weighted by Gasteiger charge is -2.16. The Morgan fingerprint density at radius 1 is 1.29 bits per heavy atom. The Morgan fingerprint density at radius 2 is 2.06 bits per heavy atom. The Balaban J connectivity index is 1.65. The maximum absolute atomic E-state index is 13.6. The second-order valence-corrected chi connectivity index (χ2v) is 7.66. The van der Waals surface area contributed by atoms with Crippen LogP contribution in [-0.4, -0.2) is 34.5 Å². The van der Waals surface area contributed by atoms with Crippen molar-refractivity contribution in [1.82, 2.24) is 14.7 Å². The van der Waals surface area contributed by atoms with E-state index in [1.165, 1.54) is 18.3 Å². The zero-order chi connectivity index (χ0) is 22.0. The third-order valence-electron chi connectivity index (χ3n) is 4.69. The van der Waals surface area contributed by atoms with E-state index in [4.69, 9.17) is 10.5 Å². The van der Waals surface area contributed by atoms with Gasteiger partial charge in [0.1, 0.15) is 11.8 Å². The standard InChI is InChI=1S/C20H18F3N5O2S/c21-20(22,23)13-8-14(24)17(28-16(13)11-4-2-1-3-5-11)18(29)27-15-10-26-31-19(15)30-12-6-7-25-9-12/h1-5,8,10,12,25H,6-7,9,24H2,(H,27,29). The van der Waals surface area contributed by atoms with E-state index in [-0.39, 0.29) is 28.7 Å². The Labute approximate surface area is 179 Å². The van der Waals surface area contributed by atoms with E-state index in [1.807, 2.05) is 0 Å². The minimum atomic E-state index is -4.69. The molecule has 1 aliphatic rings. The van der Waals surface area contributed by atoms with Crippen molar-refractivity contribution in [3.05, 3.63) is 53.9 Å². The van der Waals surface area contributed by atoms with Gasteiger partial charge in [-0.05, 0) is 19.0 Å². The number of pyridine rings is 1. The number of alkyl halides is 3. The van der Waals surface area contributed by atoms with Gasteiger partial charge in [-0.1, -0.05) is 30.3 Å². The van der Waals surface area contributed by atoms with E-state index in [2.05, 4.69) is 20.0 Å². The molecular formula is C20H18F3N5O2S. The van der Waals surface area contributed by atoms with E-state index >= 15 is 0 Å². The first-order chi connectivity index (χ1) is 14.8. The normalized spacial score (nSPS) is 16.3. The molecular weight excluding hydrogens is 431 g/mol. The lowest BCUT2D eigenvalue weighted by Crippen LogP contribution is -2.21. The smallest absolute Gasteiger partial charge is 0.418 e. The van der Waals surface area contributed by atoms with Gasteiger partial charge in [0, 0.05) is 23.6 Å². The predicted octanol–water partition coefficient (Wildman–Crippen LogP) is 3.80. The number of nitrogens with zero attached hydrogens (tertiary/aromatic N) is 2. The van der Waals surface area contributed by atoms with Crippen molar-refractivity contribution in [2.75, 3.05) is 24.1 Å². The minimum Gasteiger partial charge on any atom is -0.477 e. The summed E-state index contributed by atoms with van der Waals surface area (Å²) in [7, 11) is 0. The summed E-state index contributed by atoms with van der Waals surface area (Å²) in [5.41, 5.74) is 4.24. The molecule has 4 rings (SSSR count). The van der Waals surface area contributed by atoms with Crippen molar-refractivity contribution in [1.29, 1.82) is 0 Å². The molecule has 0 bridgehead atoms. The molecule has 1 aromatic carbocycles. The van der Waals surface area contributed by atoms with Crippen LogP contribution in [0.25, 0.3) is 11.3 Å². The second kappa shape index (κ2) is 8.52. The average Bonchev–Trinajstić information content (AvgIpc) is 3.40. The summed E-state index contributed by atoms with van der Waals surface area (Å²) in [5.74, 6) is -0.752. The Hall–Kier alpha value is -3.18. The third kappa shape index (κ3) is 4.62. The van der Waals surface area contributed by atoms with E-state index in [1.54, 1.807) is 18.2 Å². The van der Waals surface area contributed by atoms with Gasteiger partial charge in [0.15, 0.2) is 5.69 Å². The summed E-state index contributed by atoms with van der Waals surface area (Å²) in [6.45, 7) is 1.51. The topological polar surface area (TPSA) is 102 Å². The summed E-state index contributed by atoms with van der Waals surface area (Å²) in [6, 6.07) is 8.56. The summed E-state index contributed by atoms with van der Waals surface area (Å²) in [5, 5.41) is 6.18. The lowest BCUT2D eigenvalue weighted by atomic mass is 10.0. The van der Waals surface area contributed by atoms with Gasteiger partial charge >= 0.3 is 6.18 Å². The van der Waals surface area contributed by atoms with Gasteiger partial charge in [-0.3, -0.25) is 4.79 Å². The van der Waals surface area contributed by atoms with Gasteiger partial charge in [-0.15, -0.1) is 0 Å². The predicted molar refractivity (Wildman–Crippen MR) is 111 cm³/mol. The highest BCUT2D eigenvalue weighted by Gasteiger charge is 2.36.